The third-order valence-electron chi connectivity index (χ3n) is 4.69. The Bertz CT molecular complexity index is 860. The largest absolute Gasteiger partial charge is 0.486 e. The van der Waals surface area contributed by atoms with Crippen molar-refractivity contribution < 1.29 is 14.3 Å². The molecule has 140 valence electrons. The molecule has 0 bridgehead atoms. The predicted molar refractivity (Wildman–Crippen MR) is 102 cm³/mol. The number of anilines is 1. The Labute approximate surface area is 158 Å². The van der Waals surface area contributed by atoms with Crippen molar-refractivity contribution >= 4 is 17.8 Å². The average molecular weight is 366 g/mol. The molecule has 1 aromatic carbocycles. The summed E-state index contributed by atoms with van der Waals surface area (Å²) in [5.41, 5.74) is 1.86. The van der Waals surface area contributed by atoms with Crippen LogP contribution in [-0.2, 0) is 4.79 Å². The van der Waals surface area contributed by atoms with E-state index in [1.807, 2.05) is 42.2 Å². The predicted octanol–water partition coefficient (Wildman–Crippen LogP) is 1.92. The van der Waals surface area contributed by atoms with Crippen LogP contribution in [0.15, 0.2) is 36.7 Å². The van der Waals surface area contributed by atoms with Crippen LogP contribution in [0.25, 0.3) is 6.08 Å². The van der Waals surface area contributed by atoms with Gasteiger partial charge in [-0.3, -0.25) is 4.79 Å². The highest BCUT2D eigenvalue weighted by Gasteiger charge is 2.20. The SMILES string of the molecule is Cc1cc(N2CCN(C(=O)/C=C\c3ccc4c(c3)OCCO4)CC2)ncn1. The van der Waals surface area contributed by atoms with E-state index in [1.54, 1.807) is 12.4 Å². The molecule has 0 unspecified atom stereocenters. The number of carbonyl (C=O) groups excluding carboxylic acids is 1. The molecule has 0 atom stereocenters. The molecule has 3 heterocycles. The van der Waals surface area contributed by atoms with Gasteiger partial charge in [-0.1, -0.05) is 6.07 Å². The van der Waals surface area contributed by atoms with Crippen LogP contribution in [0.1, 0.15) is 11.3 Å². The first kappa shape index (κ1) is 17.3. The molecule has 1 amide bonds. The first-order chi connectivity index (χ1) is 13.2. The van der Waals surface area contributed by atoms with Crippen molar-refractivity contribution in [3.63, 3.8) is 0 Å². The summed E-state index contributed by atoms with van der Waals surface area (Å²) >= 11 is 0. The molecule has 0 aliphatic carbocycles. The molecule has 2 aliphatic heterocycles. The number of rotatable bonds is 3. The van der Waals surface area contributed by atoms with Crippen LogP contribution in [0.4, 0.5) is 5.82 Å². The van der Waals surface area contributed by atoms with Gasteiger partial charge in [-0.2, -0.15) is 0 Å². The molecule has 2 aromatic rings. The zero-order valence-electron chi connectivity index (χ0n) is 15.3. The third kappa shape index (κ3) is 4.02. The second-order valence-electron chi connectivity index (χ2n) is 6.57. The maximum atomic E-state index is 12.5. The number of hydrogen-bond acceptors (Lipinski definition) is 6. The number of nitrogens with zero attached hydrogens (tertiary/aromatic N) is 4. The molecule has 1 saturated heterocycles. The minimum Gasteiger partial charge on any atom is -0.486 e. The van der Waals surface area contributed by atoms with Crippen molar-refractivity contribution in [2.24, 2.45) is 0 Å². The number of aryl methyl sites for hydroxylation is 1. The number of carbonyl (C=O) groups is 1. The number of aromatic nitrogens is 2. The molecular formula is C20H22N4O3. The zero-order valence-corrected chi connectivity index (χ0v) is 15.3. The summed E-state index contributed by atoms with van der Waals surface area (Å²) in [5.74, 6) is 2.41. The molecule has 7 nitrogen and oxygen atoms in total. The summed E-state index contributed by atoms with van der Waals surface area (Å²) in [4.78, 5) is 25.0. The van der Waals surface area contributed by atoms with E-state index in [9.17, 15) is 4.79 Å². The molecule has 7 heteroatoms. The molecule has 0 radical (unpaired) electrons. The highest BCUT2D eigenvalue weighted by molar-refractivity contribution is 5.92. The summed E-state index contributed by atoms with van der Waals surface area (Å²) in [7, 11) is 0. The smallest absolute Gasteiger partial charge is 0.246 e. The fourth-order valence-corrected chi connectivity index (χ4v) is 3.21. The van der Waals surface area contributed by atoms with Crippen molar-refractivity contribution in [1.29, 1.82) is 0 Å². The van der Waals surface area contributed by atoms with E-state index in [0.717, 1.165) is 41.7 Å². The number of benzene rings is 1. The molecule has 0 saturated carbocycles. The lowest BCUT2D eigenvalue weighted by Gasteiger charge is -2.34. The van der Waals surface area contributed by atoms with Crippen molar-refractivity contribution in [1.82, 2.24) is 14.9 Å². The number of hydrogen-bond donors (Lipinski definition) is 0. The van der Waals surface area contributed by atoms with E-state index in [-0.39, 0.29) is 5.91 Å². The summed E-state index contributed by atoms with van der Waals surface area (Å²) in [6, 6.07) is 7.67. The normalized spacial score (nSPS) is 16.6. The van der Waals surface area contributed by atoms with Crippen molar-refractivity contribution in [2.75, 3.05) is 44.3 Å². The lowest BCUT2D eigenvalue weighted by atomic mass is 10.1. The lowest BCUT2D eigenvalue weighted by molar-refractivity contribution is -0.126. The number of amides is 1. The Balaban J connectivity index is 1.35. The second-order valence-corrected chi connectivity index (χ2v) is 6.57. The topological polar surface area (TPSA) is 67.8 Å². The minimum atomic E-state index is 0.0170. The first-order valence-corrected chi connectivity index (χ1v) is 9.09. The Morgan fingerprint density at radius 3 is 2.59 bits per heavy atom. The Morgan fingerprint density at radius 2 is 1.81 bits per heavy atom. The van der Waals surface area contributed by atoms with Crippen LogP contribution in [-0.4, -0.2) is 60.2 Å². The Kier molecular flexibility index (Phi) is 4.91. The van der Waals surface area contributed by atoms with Gasteiger partial charge >= 0.3 is 0 Å². The van der Waals surface area contributed by atoms with Crippen LogP contribution in [0.3, 0.4) is 0 Å². The molecule has 4 rings (SSSR count). The molecule has 2 aliphatic rings. The molecule has 0 N–H and O–H groups in total. The van der Waals surface area contributed by atoms with E-state index < -0.39 is 0 Å². The van der Waals surface area contributed by atoms with Gasteiger partial charge in [0.1, 0.15) is 25.4 Å². The van der Waals surface area contributed by atoms with E-state index in [1.165, 1.54) is 0 Å². The molecule has 27 heavy (non-hydrogen) atoms. The first-order valence-electron chi connectivity index (χ1n) is 9.09. The zero-order chi connectivity index (χ0) is 18.6. The third-order valence-corrected chi connectivity index (χ3v) is 4.69. The Hall–Kier alpha value is -3.09. The number of piperazine rings is 1. The summed E-state index contributed by atoms with van der Waals surface area (Å²) in [6.45, 7) is 5.95. The lowest BCUT2D eigenvalue weighted by Crippen LogP contribution is -2.48. The van der Waals surface area contributed by atoms with Crippen LogP contribution >= 0.6 is 0 Å². The average Bonchev–Trinajstić information content (AvgIpc) is 2.72. The van der Waals surface area contributed by atoms with Crippen LogP contribution < -0.4 is 14.4 Å². The van der Waals surface area contributed by atoms with Gasteiger partial charge in [0.2, 0.25) is 5.91 Å². The highest BCUT2D eigenvalue weighted by atomic mass is 16.6. The van der Waals surface area contributed by atoms with Crippen molar-refractivity contribution in [3.8, 4) is 11.5 Å². The van der Waals surface area contributed by atoms with Crippen molar-refractivity contribution in [3.05, 3.63) is 47.9 Å². The van der Waals surface area contributed by atoms with Gasteiger partial charge in [-0.15, -0.1) is 0 Å². The van der Waals surface area contributed by atoms with Gasteiger partial charge in [0.05, 0.1) is 0 Å². The van der Waals surface area contributed by atoms with Crippen LogP contribution in [0.5, 0.6) is 11.5 Å². The summed E-state index contributed by atoms with van der Waals surface area (Å²) in [5, 5.41) is 0. The van der Waals surface area contributed by atoms with E-state index in [0.29, 0.717) is 26.3 Å². The second kappa shape index (κ2) is 7.65. The molecular weight excluding hydrogens is 344 g/mol. The van der Waals surface area contributed by atoms with E-state index in [2.05, 4.69) is 14.9 Å². The number of fused-ring (bicyclic) bond motifs is 1. The van der Waals surface area contributed by atoms with E-state index >= 15 is 0 Å². The standard InChI is InChI=1S/C20H22N4O3/c1-15-12-19(22-14-21-15)23-6-8-24(9-7-23)20(25)5-3-16-2-4-17-18(13-16)27-11-10-26-17/h2-5,12-14H,6-11H2,1H3/b5-3-. The summed E-state index contributed by atoms with van der Waals surface area (Å²) in [6.07, 6.45) is 5.02. The monoisotopic (exact) mass is 366 g/mol. The maximum absolute atomic E-state index is 12.5. The number of ether oxygens (including phenoxy) is 2. The van der Waals surface area contributed by atoms with E-state index in [4.69, 9.17) is 9.47 Å². The van der Waals surface area contributed by atoms with Gasteiger partial charge < -0.3 is 19.3 Å². The molecule has 1 fully saturated rings. The summed E-state index contributed by atoms with van der Waals surface area (Å²) < 4.78 is 11.1. The molecule has 1 aromatic heterocycles. The Morgan fingerprint density at radius 1 is 1.04 bits per heavy atom. The quantitative estimate of drug-likeness (QED) is 0.773. The van der Waals surface area contributed by atoms with Crippen LogP contribution in [0.2, 0.25) is 0 Å². The maximum Gasteiger partial charge on any atom is 0.246 e. The van der Waals surface area contributed by atoms with Gasteiger partial charge in [-0.05, 0) is 30.7 Å². The van der Waals surface area contributed by atoms with Gasteiger partial charge in [0, 0.05) is 44.0 Å². The van der Waals surface area contributed by atoms with Gasteiger partial charge in [0.25, 0.3) is 0 Å². The van der Waals surface area contributed by atoms with Crippen LogP contribution in [0, 0.1) is 6.92 Å². The fourth-order valence-electron chi connectivity index (χ4n) is 3.21. The highest BCUT2D eigenvalue weighted by Crippen LogP contribution is 2.31. The molecule has 0 spiro atoms. The van der Waals surface area contributed by atoms with Gasteiger partial charge in [-0.25, -0.2) is 9.97 Å². The fraction of sp³-hybridized carbons (Fsp3) is 0.350. The van der Waals surface area contributed by atoms with Gasteiger partial charge in [0.15, 0.2) is 11.5 Å². The minimum absolute atomic E-state index is 0.0170. The van der Waals surface area contributed by atoms with Crippen molar-refractivity contribution in [2.45, 2.75) is 6.92 Å².